The van der Waals surface area contributed by atoms with E-state index in [-0.39, 0.29) is 17.0 Å². The van der Waals surface area contributed by atoms with Crippen molar-refractivity contribution in [3.63, 3.8) is 0 Å². The van der Waals surface area contributed by atoms with Gasteiger partial charge in [-0.3, -0.25) is 9.97 Å². The highest BCUT2D eigenvalue weighted by Gasteiger charge is 2.49. The van der Waals surface area contributed by atoms with Gasteiger partial charge in [-0.1, -0.05) is 6.07 Å². The molecule has 164 valence electrons. The first-order chi connectivity index (χ1) is 15.5. The predicted octanol–water partition coefficient (Wildman–Crippen LogP) is 4.15. The normalized spacial score (nSPS) is 24.5. The quantitative estimate of drug-likeness (QED) is 0.631. The second-order valence-electron chi connectivity index (χ2n) is 9.14. The van der Waals surface area contributed by atoms with Crippen LogP contribution in [-0.2, 0) is 17.7 Å². The summed E-state index contributed by atoms with van der Waals surface area (Å²) in [5, 5.41) is 12.7. The summed E-state index contributed by atoms with van der Waals surface area (Å²) in [6, 6.07) is 11.4. The van der Waals surface area contributed by atoms with Gasteiger partial charge in [0.1, 0.15) is 17.6 Å². The number of nitrogens with zero attached hydrogens (tertiary/aromatic N) is 4. The fourth-order valence-corrected chi connectivity index (χ4v) is 5.02. The predicted molar refractivity (Wildman–Crippen MR) is 118 cm³/mol. The van der Waals surface area contributed by atoms with Gasteiger partial charge in [0.15, 0.2) is 0 Å². The summed E-state index contributed by atoms with van der Waals surface area (Å²) >= 11 is 0. The third-order valence-corrected chi connectivity index (χ3v) is 7.07. The summed E-state index contributed by atoms with van der Waals surface area (Å²) in [4.78, 5) is 13.1. The average molecular weight is 432 g/mol. The zero-order valence-electron chi connectivity index (χ0n) is 18.2. The first kappa shape index (κ1) is 20.9. The third kappa shape index (κ3) is 3.96. The van der Waals surface area contributed by atoms with E-state index in [1.807, 2.05) is 31.2 Å². The maximum atomic E-state index is 14.6. The van der Waals surface area contributed by atoms with Gasteiger partial charge in [0.05, 0.1) is 35.1 Å². The number of rotatable bonds is 6. The number of pyridine rings is 3. The molecule has 32 heavy (non-hydrogen) atoms. The molecule has 2 bridgehead atoms. The van der Waals surface area contributed by atoms with E-state index in [9.17, 15) is 4.39 Å². The largest absolute Gasteiger partial charge is 0.373 e. The zero-order valence-corrected chi connectivity index (χ0v) is 18.2. The second-order valence-corrected chi connectivity index (χ2v) is 9.14. The van der Waals surface area contributed by atoms with Gasteiger partial charge < -0.3 is 10.1 Å². The van der Waals surface area contributed by atoms with Crippen molar-refractivity contribution in [3.8, 4) is 6.07 Å². The van der Waals surface area contributed by atoms with Crippen LogP contribution in [0.3, 0.4) is 0 Å². The number of ether oxygens (including phenoxy) is 1. The van der Waals surface area contributed by atoms with Crippen LogP contribution in [0.15, 0.2) is 36.5 Å². The van der Waals surface area contributed by atoms with E-state index in [0.717, 1.165) is 49.0 Å². The Balaban J connectivity index is 1.24. The number of nitriles is 1. The highest BCUT2D eigenvalue weighted by Crippen LogP contribution is 2.46. The van der Waals surface area contributed by atoms with Gasteiger partial charge in [-0.15, -0.1) is 0 Å². The highest BCUT2D eigenvalue weighted by molar-refractivity contribution is 5.77. The van der Waals surface area contributed by atoms with Gasteiger partial charge in [0, 0.05) is 23.3 Å². The Bertz CT molecular complexity index is 1170. The molecular weight excluding hydrogens is 405 g/mol. The fraction of sp³-hybridized carbons (Fsp3) is 0.440. The lowest BCUT2D eigenvalue weighted by Gasteiger charge is -2.53. The molecule has 0 radical (unpaired) electrons. The van der Waals surface area contributed by atoms with Crippen molar-refractivity contribution in [3.05, 3.63) is 65.0 Å². The van der Waals surface area contributed by atoms with Gasteiger partial charge in [-0.25, -0.2) is 9.37 Å². The van der Waals surface area contributed by atoms with E-state index in [2.05, 4.69) is 26.3 Å². The van der Waals surface area contributed by atoms with E-state index >= 15 is 0 Å². The maximum absolute atomic E-state index is 14.6. The first-order valence-corrected chi connectivity index (χ1v) is 11.2. The van der Waals surface area contributed by atoms with Gasteiger partial charge >= 0.3 is 0 Å². The van der Waals surface area contributed by atoms with E-state index in [0.29, 0.717) is 36.3 Å². The Kier molecular flexibility index (Phi) is 5.36. The number of hydrogen-bond acceptors (Lipinski definition) is 6. The van der Waals surface area contributed by atoms with E-state index < -0.39 is 0 Å². The molecular formula is C25H26FN5O. The van der Waals surface area contributed by atoms with Crippen molar-refractivity contribution >= 4 is 11.0 Å². The van der Waals surface area contributed by atoms with Crippen LogP contribution >= 0.6 is 0 Å². The molecule has 1 saturated carbocycles. The molecule has 2 saturated heterocycles. The minimum absolute atomic E-state index is 0.0562. The molecule has 0 amide bonds. The monoisotopic (exact) mass is 431 g/mol. The summed E-state index contributed by atoms with van der Waals surface area (Å²) in [5.74, 6) is -0.290. The summed E-state index contributed by atoms with van der Waals surface area (Å²) in [5.41, 5.74) is 3.94. The Morgan fingerprint density at radius 2 is 2.00 bits per heavy atom. The van der Waals surface area contributed by atoms with Crippen molar-refractivity contribution in [2.24, 2.45) is 0 Å². The molecule has 3 aromatic rings. The molecule has 6 nitrogen and oxygen atoms in total. The van der Waals surface area contributed by atoms with Gasteiger partial charge in [0.2, 0.25) is 0 Å². The lowest BCUT2D eigenvalue weighted by molar-refractivity contribution is -0.165. The summed E-state index contributed by atoms with van der Waals surface area (Å²) in [7, 11) is 0. The number of aryl methyl sites for hydroxylation is 2. The van der Waals surface area contributed by atoms with E-state index in [1.54, 1.807) is 6.07 Å². The summed E-state index contributed by atoms with van der Waals surface area (Å²) < 4.78 is 21.0. The molecule has 6 rings (SSSR count). The number of aromatic nitrogens is 3. The molecule has 7 heteroatoms. The van der Waals surface area contributed by atoms with Gasteiger partial charge in [-0.05, 0) is 69.7 Å². The van der Waals surface area contributed by atoms with Gasteiger partial charge in [-0.2, -0.15) is 5.26 Å². The molecule has 3 fully saturated rings. The Hall–Kier alpha value is -2.95. The molecule has 1 N–H and O–H groups in total. The minimum Gasteiger partial charge on any atom is -0.373 e. The topological polar surface area (TPSA) is 83.7 Å². The van der Waals surface area contributed by atoms with Crippen LogP contribution in [0.5, 0.6) is 0 Å². The number of halogens is 1. The molecule has 0 spiro atoms. The lowest BCUT2D eigenvalue weighted by Crippen LogP contribution is -2.61. The molecule has 0 aromatic carbocycles. The van der Waals surface area contributed by atoms with E-state index in [4.69, 9.17) is 10.00 Å². The van der Waals surface area contributed by atoms with Crippen LogP contribution in [0.1, 0.15) is 54.7 Å². The first-order valence-electron chi connectivity index (χ1n) is 11.2. The van der Waals surface area contributed by atoms with Crippen LogP contribution in [0.2, 0.25) is 0 Å². The molecule has 3 aliphatic rings. The summed E-state index contributed by atoms with van der Waals surface area (Å²) in [6.45, 7) is 3.17. The van der Waals surface area contributed by atoms with E-state index in [1.165, 1.54) is 6.20 Å². The maximum Gasteiger partial charge on any atom is 0.146 e. The third-order valence-electron chi connectivity index (χ3n) is 7.07. The highest BCUT2D eigenvalue weighted by atomic mass is 19.1. The van der Waals surface area contributed by atoms with Crippen molar-refractivity contribution in [2.75, 3.05) is 6.61 Å². The van der Waals surface area contributed by atoms with Crippen LogP contribution in [0, 0.1) is 24.1 Å². The van der Waals surface area contributed by atoms with Crippen LogP contribution in [0.4, 0.5) is 4.39 Å². The number of nitrogens with one attached hydrogen (secondary N) is 1. The van der Waals surface area contributed by atoms with Crippen molar-refractivity contribution in [2.45, 2.75) is 63.1 Å². The smallest absolute Gasteiger partial charge is 0.146 e. The van der Waals surface area contributed by atoms with Crippen LogP contribution < -0.4 is 5.32 Å². The summed E-state index contributed by atoms with van der Waals surface area (Å²) in [6.07, 6.45) is 6.60. The Labute approximate surface area is 186 Å². The number of hydrogen-bond donors (Lipinski definition) is 1. The number of fused-ring (bicyclic) bond motifs is 4. The molecule has 1 aliphatic carbocycles. The lowest BCUT2D eigenvalue weighted by atomic mass is 9.69. The molecule has 0 atom stereocenters. The Morgan fingerprint density at radius 1 is 1.16 bits per heavy atom. The van der Waals surface area contributed by atoms with Crippen molar-refractivity contribution in [1.29, 1.82) is 5.26 Å². The molecule has 2 aliphatic heterocycles. The SMILES string of the molecule is Cc1ccc2ncc(F)c(CCC34CCC(NCc5cccc(C#N)n5)(CC3)CO4)c2n1. The zero-order chi connectivity index (χ0) is 22.2. The molecule has 3 aromatic heterocycles. The average Bonchev–Trinajstić information content (AvgIpc) is 2.83. The second kappa shape index (κ2) is 8.19. The van der Waals surface area contributed by atoms with Crippen LogP contribution in [0.25, 0.3) is 11.0 Å². The standard InChI is InChI=1S/C25H26FN5O/c1-17-5-6-22-23(30-17)20(21(26)15-28-22)7-8-25-11-9-24(10-12-25,16-32-25)29-14-19-4-2-3-18(13-27)31-19/h2-6,15,29H,7-12,14,16H2,1H3. The van der Waals surface area contributed by atoms with Gasteiger partial charge in [0.25, 0.3) is 0 Å². The molecule has 0 unspecified atom stereocenters. The van der Waals surface area contributed by atoms with Crippen molar-refractivity contribution < 1.29 is 9.13 Å². The van der Waals surface area contributed by atoms with Crippen molar-refractivity contribution in [1.82, 2.24) is 20.3 Å². The molecule has 5 heterocycles. The minimum atomic E-state index is -0.290. The van der Waals surface area contributed by atoms with Crippen LogP contribution in [-0.4, -0.2) is 32.7 Å². The Morgan fingerprint density at radius 3 is 2.75 bits per heavy atom. The fourth-order valence-electron chi connectivity index (χ4n) is 5.02.